The van der Waals surface area contributed by atoms with Crippen LogP contribution in [0.3, 0.4) is 0 Å². The molecule has 0 amide bonds. The van der Waals surface area contributed by atoms with Gasteiger partial charge in [-0.25, -0.2) is 0 Å². The Kier molecular flexibility index (Phi) is 5.27. The summed E-state index contributed by atoms with van der Waals surface area (Å²) >= 11 is 18.2. The molecule has 0 aliphatic heterocycles. The van der Waals surface area contributed by atoms with Crippen molar-refractivity contribution in [1.29, 1.82) is 0 Å². The van der Waals surface area contributed by atoms with Gasteiger partial charge < -0.3 is 9.84 Å². The van der Waals surface area contributed by atoms with Crippen molar-refractivity contribution >= 4 is 34.8 Å². The molecule has 0 aliphatic carbocycles. The van der Waals surface area contributed by atoms with Crippen LogP contribution in [0, 0.1) is 0 Å². The number of benzene rings is 1. The van der Waals surface area contributed by atoms with Crippen molar-refractivity contribution in [3.63, 3.8) is 0 Å². The highest BCUT2D eigenvalue weighted by Crippen LogP contribution is 2.37. The predicted molar refractivity (Wildman–Crippen MR) is 83.6 cm³/mol. The molecule has 1 aromatic carbocycles. The molecule has 1 aromatic heterocycles. The van der Waals surface area contributed by atoms with Crippen molar-refractivity contribution in [3.05, 3.63) is 44.5 Å². The molecule has 0 spiro atoms. The molecule has 112 valence electrons. The Labute approximate surface area is 137 Å². The van der Waals surface area contributed by atoms with Crippen LogP contribution in [0.5, 0.6) is 11.6 Å². The van der Waals surface area contributed by atoms with Crippen molar-refractivity contribution < 1.29 is 9.84 Å². The molecule has 2 aromatic rings. The number of hydrogen-bond acceptors (Lipinski definition) is 4. The van der Waals surface area contributed by atoms with E-state index in [-0.39, 0.29) is 34.2 Å². The lowest BCUT2D eigenvalue weighted by Gasteiger charge is -2.12. The van der Waals surface area contributed by atoms with Crippen LogP contribution in [-0.4, -0.2) is 15.3 Å². The summed E-state index contributed by atoms with van der Waals surface area (Å²) in [6.45, 7) is 3.82. The SMILES string of the molecule is CC(C)c1cc(Oc2c(Cl)cc(CO)cc2Cl)nnc1Cl. The molecule has 0 unspecified atom stereocenters. The zero-order valence-electron chi connectivity index (χ0n) is 11.4. The first kappa shape index (κ1) is 16.3. The molecule has 7 heteroatoms. The number of ether oxygens (including phenoxy) is 1. The van der Waals surface area contributed by atoms with Crippen LogP contribution in [0.1, 0.15) is 30.9 Å². The van der Waals surface area contributed by atoms with Gasteiger partial charge >= 0.3 is 0 Å². The molecule has 1 heterocycles. The second kappa shape index (κ2) is 6.79. The van der Waals surface area contributed by atoms with Crippen LogP contribution >= 0.6 is 34.8 Å². The summed E-state index contributed by atoms with van der Waals surface area (Å²) in [7, 11) is 0. The molecule has 21 heavy (non-hydrogen) atoms. The average molecular weight is 348 g/mol. The zero-order chi connectivity index (χ0) is 15.6. The van der Waals surface area contributed by atoms with E-state index >= 15 is 0 Å². The summed E-state index contributed by atoms with van der Waals surface area (Å²) in [5.41, 5.74) is 1.42. The van der Waals surface area contributed by atoms with E-state index in [9.17, 15) is 0 Å². The molecule has 0 bridgehead atoms. The van der Waals surface area contributed by atoms with Gasteiger partial charge in [0.15, 0.2) is 10.9 Å². The maximum absolute atomic E-state index is 9.10. The monoisotopic (exact) mass is 346 g/mol. The molecule has 0 aliphatic rings. The standard InChI is InChI=1S/C14H13Cl3N2O2/c1-7(2)9-5-12(18-19-14(9)17)21-13-10(15)3-8(6-20)4-11(13)16/h3-5,7,20H,6H2,1-2H3. The third-order valence-corrected chi connectivity index (χ3v) is 3.68. The largest absolute Gasteiger partial charge is 0.434 e. The Hall–Kier alpha value is -1.07. The zero-order valence-corrected chi connectivity index (χ0v) is 13.7. The van der Waals surface area contributed by atoms with E-state index in [1.807, 2.05) is 13.8 Å². The average Bonchev–Trinajstić information content (AvgIpc) is 2.43. The minimum atomic E-state index is -0.155. The minimum absolute atomic E-state index is 0.155. The number of aliphatic hydroxyl groups excluding tert-OH is 1. The van der Waals surface area contributed by atoms with Crippen LogP contribution in [0.4, 0.5) is 0 Å². The number of aliphatic hydroxyl groups is 1. The predicted octanol–water partition coefficient (Wildman–Crippen LogP) is 4.84. The molecule has 0 saturated carbocycles. The number of hydrogen-bond donors (Lipinski definition) is 1. The van der Waals surface area contributed by atoms with E-state index in [2.05, 4.69) is 10.2 Å². The number of aromatic nitrogens is 2. The van der Waals surface area contributed by atoms with Crippen LogP contribution in [0.15, 0.2) is 18.2 Å². The van der Waals surface area contributed by atoms with Crippen LogP contribution < -0.4 is 4.74 Å². The summed E-state index contributed by atoms with van der Waals surface area (Å²) in [4.78, 5) is 0. The number of rotatable bonds is 4. The van der Waals surface area contributed by atoms with Gasteiger partial charge in [0.2, 0.25) is 5.88 Å². The highest BCUT2D eigenvalue weighted by atomic mass is 35.5. The lowest BCUT2D eigenvalue weighted by Crippen LogP contribution is -1.98. The van der Waals surface area contributed by atoms with Gasteiger partial charge in [-0.3, -0.25) is 0 Å². The summed E-state index contributed by atoms with van der Waals surface area (Å²) in [6, 6.07) is 4.86. The van der Waals surface area contributed by atoms with E-state index in [0.717, 1.165) is 5.56 Å². The summed E-state index contributed by atoms with van der Waals surface area (Å²) in [5.74, 6) is 0.698. The van der Waals surface area contributed by atoms with Gasteiger partial charge in [0, 0.05) is 6.07 Å². The Balaban J connectivity index is 2.37. The van der Waals surface area contributed by atoms with E-state index in [1.54, 1.807) is 18.2 Å². The van der Waals surface area contributed by atoms with Crippen molar-refractivity contribution in [2.45, 2.75) is 26.4 Å². The third-order valence-electron chi connectivity index (χ3n) is 2.82. The minimum Gasteiger partial charge on any atom is -0.434 e. The lowest BCUT2D eigenvalue weighted by molar-refractivity contribution is 0.281. The molecule has 1 N–H and O–H groups in total. The van der Waals surface area contributed by atoms with Gasteiger partial charge in [0.25, 0.3) is 0 Å². The molecule has 4 nitrogen and oxygen atoms in total. The molecular weight excluding hydrogens is 335 g/mol. The van der Waals surface area contributed by atoms with Crippen LogP contribution in [-0.2, 0) is 6.61 Å². The van der Waals surface area contributed by atoms with Gasteiger partial charge in [-0.15, -0.1) is 10.2 Å². The first-order valence-corrected chi connectivity index (χ1v) is 7.35. The molecule has 0 atom stereocenters. The third kappa shape index (κ3) is 3.77. The first-order chi connectivity index (χ1) is 9.92. The van der Waals surface area contributed by atoms with E-state index < -0.39 is 0 Å². The van der Waals surface area contributed by atoms with E-state index in [1.165, 1.54) is 0 Å². The van der Waals surface area contributed by atoms with E-state index in [0.29, 0.717) is 10.7 Å². The molecular formula is C14H13Cl3N2O2. The fourth-order valence-electron chi connectivity index (χ4n) is 1.73. The maximum Gasteiger partial charge on any atom is 0.239 e. The van der Waals surface area contributed by atoms with Crippen molar-refractivity contribution in [2.75, 3.05) is 0 Å². The highest BCUT2D eigenvalue weighted by Gasteiger charge is 2.14. The van der Waals surface area contributed by atoms with Crippen molar-refractivity contribution in [1.82, 2.24) is 10.2 Å². The topological polar surface area (TPSA) is 55.2 Å². The summed E-state index contributed by atoms with van der Waals surface area (Å²) in [5, 5.41) is 17.7. The van der Waals surface area contributed by atoms with Gasteiger partial charge in [0.1, 0.15) is 0 Å². The molecule has 0 radical (unpaired) electrons. The molecule has 0 saturated heterocycles. The van der Waals surface area contributed by atoms with E-state index in [4.69, 9.17) is 44.6 Å². The fraction of sp³-hybridized carbons (Fsp3) is 0.286. The number of nitrogens with zero attached hydrogens (tertiary/aromatic N) is 2. The lowest BCUT2D eigenvalue weighted by atomic mass is 10.1. The maximum atomic E-state index is 9.10. The quantitative estimate of drug-likeness (QED) is 0.859. The Morgan fingerprint density at radius 3 is 2.24 bits per heavy atom. The normalized spacial score (nSPS) is 11.0. The second-order valence-electron chi connectivity index (χ2n) is 4.73. The summed E-state index contributed by atoms with van der Waals surface area (Å²) < 4.78 is 5.61. The summed E-state index contributed by atoms with van der Waals surface area (Å²) in [6.07, 6.45) is 0. The van der Waals surface area contributed by atoms with Crippen LogP contribution in [0.25, 0.3) is 0 Å². The molecule has 0 fully saturated rings. The Bertz CT molecular complexity index is 640. The Morgan fingerprint density at radius 2 is 1.71 bits per heavy atom. The smallest absolute Gasteiger partial charge is 0.239 e. The van der Waals surface area contributed by atoms with Gasteiger partial charge in [-0.1, -0.05) is 48.7 Å². The fourth-order valence-corrected chi connectivity index (χ4v) is 2.65. The van der Waals surface area contributed by atoms with Crippen molar-refractivity contribution in [3.8, 4) is 11.6 Å². The number of halogens is 3. The van der Waals surface area contributed by atoms with Gasteiger partial charge in [-0.2, -0.15) is 0 Å². The highest BCUT2D eigenvalue weighted by molar-refractivity contribution is 6.37. The Morgan fingerprint density at radius 1 is 1.10 bits per heavy atom. The van der Waals surface area contributed by atoms with Crippen molar-refractivity contribution in [2.24, 2.45) is 0 Å². The second-order valence-corrected chi connectivity index (χ2v) is 5.90. The van der Waals surface area contributed by atoms with Crippen LogP contribution in [0.2, 0.25) is 15.2 Å². The first-order valence-electron chi connectivity index (χ1n) is 6.22. The van der Waals surface area contributed by atoms with Gasteiger partial charge in [-0.05, 0) is 29.2 Å². The van der Waals surface area contributed by atoms with Gasteiger partial charge in [0.05, 0.1) is 16.7 Å². The molecule has 2 rings (SSSR count).